The number of nitrogens with zero attached hydrogens (tertiary/aromatic N) is 1. The number of carbonyl (C=O) groups excluding carboxylic acids is 1. The van der Waals surface area contributed by atoms with Crippen molar-refractivity contribution >= 4 is 24.0 Å². The molecule has 6 nitrogen and oxygen atoms in total. The van der Waals surface area contributed by atoms with Gasteiger partial charge in [-0.1, -0.05) is 18.2 Å². The number of nitrogens with two attached hydrogens (primary N) is 1. The second kappa shape index (κ2) is 7.62. The Hall–Kier alpha value is -1.66. The SMILES string of the molecule is C[C@H](CN)NC(=O)Cc1ccccc1[N+](=O)[O-].Cl. The van der Waals surface area contributed by atoms with Gasteiger partial charge in [-0.25, -0.2) is 0 Å². The molecule has 0 radical (unpaired) electrons. The first-order valence-corrected chi connectivity index (χ1v) is 5.26. The van der Waals surface area contributed by atoms with Gasteiger partial charge in [0.2, 0.25) is 5.91 Å². The average Bonchev–Trinajstić information content (AvgIpc) is 2.29. The van der Waals surface area contributed by atoms with Crippen LogP contribution in [0.4, 0.5) is 5.69 Å². The maximum atomic E-state index is 11.6. The number of nitrogens with one attached hydrogen (secondary N) is 1. The van der Waals surface area contributed by atoms with E-state index in [1.165, 1.54) is 6.07 Å². The molecule has 7 heteroatoms. The molecule has 0 aromatic heterocycles. The molecule has 1 atom stereocenters. The highest BCUT2D eigenvalue weighted by Crippen LogP contribution is 2.17. The first kappa shape index (κ1) is 16.3. The van der Waals surface area contributed by atoms with Gasteiger partial charge in [-0.05, 0) is 6.92 Å². The molecule has 0 aliphatic heterocycles. The van der Waals surface area contributed by atoms with E-state index in [4.69, 9.17) is 5.73 Å². The fourth-order valence-corrected chi connectivity index (χ4v) is 1.40. The number of nitro benzene ring substituents is 1. The summed E-state index contributed by atoms with van der Waals surface area (Å²) < 4.78 is 0. The Morgan fingerprint density at radius 1 is 1.50 bits per heavy atom. The third-order valence-electron chi connectivity index (χ3n) is 2.30. The summed E-state index contributed by atoms with van der Waals surface area (Å²) in [5, 5.41) is 13.4. The van der Waals surface area contributed by atoms with Crippen LogP contribution in [0.5, 0.6) is 0 Å². The van der Waals surface area contributed by atoms with Crippen LogP contribution < -0.4 is 11.1 Å². The van der Waals surface area contributed by atoms with E-state index in [0.29, 0.717) is 12.1 Å². The van der Waals surface area contributed by atoms with Gasteiger partial charge in [0, 0.05) is 24.2 Å². The number of hydrogen-bond donors (Lipinski definition) is 2. The molecule has 1 rings (SSSR count). The summed E-state index contributed by atoms with van der Waals surface area (Å²) in [5.41, 5.74) is 5.73. The molecule has 0 bridgehead atoms. The number of hydrogen-bond acceptors (Lipinski definition) is 4. The Morgan fingerprint density at radius 2 is 2.11 bits per heavy atom. The lowest BCUT2D eigenvalue weighted by Gasteiger charge is -2.11. The number of amides is 1. The smallest absolute Gasteiger partial charge is 0.273 e. The van der Waals surface area contributed by atoms with Crippen molar-refractivity contribution in [2.24, 2.45) is 5.73 Å². The molecule has 0 saturated carbocycles. The van der Waals surface area contributed by atoms with E-state index < -0.39 is 4.92 Å². The minimum atomic E-state index is -0.491. The summed E-state index contributed by atoms with van der Waals surface area (Å²) in [6, 6.07) is 6.06. The summed E-state index contributed by atoms with van der Waals surface area (Å²) in [4.78, 5) is 21.8. The predicted molar refractivity (Wildman–Crippen MR) is 70.7 cm³/mol. The van der Waals surface area contributed by atoms with Gasteiger partial charge in [0.25, 0.3) is 5.69 Å². The first-order valence-electron chi connectivity index (χ1n) is 5.26. The van der Waals surface area contributed by atoms with Crippen molar-refractivity contribution in [3.05, 3.63) is 39.9 Å². The van der Waals surface area contributed by atoms with Crippen molar-refractivity contribution in [2.75, 3.05) is 6.54 Å². The Morgan fingerprint density at radius 3 is 2.67 bits per heavy atom. The summed E-state index contributed by atoms with van der Waals surface area (Å²) in [6.45, 7) is 2.11. The lowest BCUT2D eigenvalue weighted by molar-refractivity contribution is -0.385. The first-order chi connectivity index (χ1) is 8.04. The van der Waals surface area contributed by atoms with E-state index in [9.17, 15) is 14.9 Å². The molecule has 0 spiro atoms. The van der Waals surface area contributed by atoms with E-state index in [2.05, 4.69) is 5.32 Å². The van der Waals surface area contributed by atoms with Gasteiger partial charge in [0.05, 0.1) is 11.3 Å². The van der Waals surface area contributed by atoms with E-state index >= 15 is 0 Å². The minimum Gasteiger partial charge on any atom is -0.352 e. The van der Waals surface area contributed by atoms with Gasteiger partial charge in [-0.2, -0.15) is 0 Å². The Kier molecular flexibility index (Phi) is 6.92. The van der Waals surface area contributed by atoms with Crippen LogP contribution in [0.2, 0.25) is 0 Å². The van der Waals surface area contributed by atoms with Gasteiger partial charge in [-0.15, -0.1) is 12.4 Å². The van der Waals surface area contributed by atoms with E-state index in [-0.39, 0.29) is 36.5 Å². The van der Waals surface area contributed by atoms with E-state index in [1.54, 1.807) is 25.1 Å². The van der Waals surface area contributed by atoms with Gasteiger partial charge < -0.3 is 11.1 Å². The van der Waals surface area contributed by atoms with Gasteiger partial charge >= 0.3 is 0 Å². The molecule has 1 aromatic carbocycles. The Labute approximate surface area is 111 Å². The fourth-order valence-electron chi connectivity index (χ4n) is 1.40. The molecule has 0 fully saturated rings. The predicted octanol–water partition coefficient (Wildman–Crippen LogP) is 1.02. The third kappa shape index (κ3) is 4.68. The summed E-state index contributed by atoms with van der Waals surface area (Å²) in [5.74, 6) is -0.266. The molecule has 1 amide bonds. The minimum absolute atomic E-state index is 0. The second-order valence-electron chi connectivity index (χ2n) is 3.77. The van der Waals surface area contributed by atoms with Crippen molar-refractivity contribution in [2.45, 2.75) is 19.4 Å². The second-order valence-corrected chi connectivity index (χ2v) is 3.77. The Balaban J connectivity index is 0.00000289. The molecular formula is C11H16ClN3O3. The fraction of sp³-hybridized carbons (Fsp3) is 0.364. The van der Waals surface area contributed by atoms with E-state index in [1.807, 2.05) is 0 Å². The largest absolute Gasteiger partial charge is 0.352 e. The summed E-state index contributed by atoms with van der Waals surface area (Å²) in [7, 11) is 0. The molecule has 0 saturated heterocycles. The third-order valence-corrected chi connectivity index (χ3v) is 2.30. The topological polar surface area (TPSA) is 98.3 Å². The molecule has 18 heavy (non-hydrogen) atoms. The lowest BCUT2D eigenvalue weighted by Crippen LogP contribution is -2.38. The summed E-state index contributed by atoms with van der Waals surface area (Å²) in [6.07, 6.45) is -0.0124. The van der Waals surface area contributed by atoms with Crippen LogP contribution in [0.15, 0.2) is 24.3 Å². The maximum Gasteiger partial charge on any atom is 0.273 e. The van der Waals surface area contributed by atoms with Crippen LogP contribution in [0.25, 0.3) is 0 Å². The molecule has 3 N–H and O–H groups in total. The number of para-hydroxylation sites is 1. The van der Waals surface area contributed by atoms with Crippen LogP contribution in [0.3, 0.4) is 0 Å². The zero-order valence-electron chi connectivity index (χ0n) is 9.96. The number of nitro groups is 1. The zero-order valence-corrected chi connectivity index (χ0v) is 10.8. The highest BCUT2D eigenvalue weighted by molar-refractivity contribution is 5.85. The van der Waals surface area contributed by atoms with Crippen LogP contribution in [-0.4, -0.2) is 23.4 Å². The average molecular weight is 274 g/mol. The van der Waals surface area contributed by atoms with Crippen molar-refractivity contribution in [3.8, 4) is 0 Å². The molecule has 0 unspecified atom stereocenters. The number of halogens is 1. The van der Waals surface area contributed by atoms with Gasteiger partial charge in [0.1, 0.15) is 0 Å². The van der Waals surface area contributed by atoms with Crippen LogP contribution in [0.1, 0.15) is 12.5 Å². The Bertz CT molecular complexity index is 426. The van der Waals surface area contributed by atoms with Crippen molar-refractivity contribution in [3.63, 3.8) is 0 Å². The van der Waals surface area contributed by atoms with Gasteiger partial charge in [0.15, 0.2) is 0 Å². The molecule has 100 valence electrons. The van der Waals surface area contributed by atoms with Crippen LogP contribution in [-0.2, 0) is 11.2 Å². The van der Waals surface area contributed by atoms with Crippen molar-refractivity contribution in [1.82, 2.24) is 5.32 Å². The van der Waals surface area contributed by atoms with Crippen molar-refractivity contribution in [1.29, 1.82) is 0 Å². The summed E-state index contributed by atoms with van der Waals surface area (Å²) >= 11 is 0. The molecular weight excluding hydrogens is 258 g/mol. The highest BCUT2D eigenvalue weighted by atomic mass is 35.5. The standard InChI is InChI=1S/C11H15N3O3.ClH/c1-8(7-12)13-11(15)6-9-4-2-3-5-10(9)14(16)17;/h2-5,8H,6-7,12H2,1H3,(H,13,15);1H/t8-;/m1./s1. The molecule has 0 heterocycles. The quantitative estimate of drug-likeness (QED) is 0.618. The number of carbonyl (C=O) groups is 1. The number of benzene rings is 1. The van der Waals surface area contributed by atoms with Crippen LogP contribution in [0, 0.1) is 10.1 Å². The van der Waals surface area contributed by atoms with E-state index in [0.717, 1.165) is 0 Å². The van der Waals surface area contributed by atoms with Gasteiger partial charge in [-0.3, -0.25) is 14.9 Å². The molecule has 1 aromatic rings. The van der Waals surface area contributed by atoms with Crippen LogP contribution >= 0.6 is 12.4 Å². The monoisotopic (exact) mass is 273 g/mol. The molecule has 0 aliphatic rings. The lowest BCUT2D eigenvalue weighted by atomic mass is 10.1. The zero-order chi connectivity index (χ0) is 12.8. The maximum absolute atomic E-state index is 11.6. The number of rotatable bonds is 5. The van der Waals surface area contributed by atoms with Crippen molar-refractivity contribution < 1.29 is 9.72 Å². The molecule has 0 aliphatic carbocycles. The normalized spacial score (nSPS) is 11.2. The highest BCUT2D eigenvalue weighted by Gasteiger charge is 2.15.